The van der Waals surface area contributed by atoms with Crippen LogP contribution in [0.1, 0.15) is 21.8 Å². The SMILES string of the molecule is Cc1nc(COc2ccc(/C=C/C(=O)NCc3cccnc3-n3cccn3)cc2)cs1. The average Bonchev–Trinajstić information content (AvgIpc) is 3.48. The normalized spacial score (nSPS) is 11.0. The van der Waals surface area contributed by atoms with Crippen molar-refractivity contribution in [2.45, 2.75) is 20.1 Å². The van der Waals surface area contributed by atoms with Crippen LogP contribution in [-0.4, -0.2) is 25.7 Å². The van der Waals surface area contributed by atoms with E-state index < -0.39 is 0 Å². The fourth-order valence-corrected chi connectivity index (χ4v) is 3.49. The zero-order valence-electron chi connectivity index (χ0n) is 16.9. The Kier molecular flexibility index (Phi) is 6.49. The Labute approximate surface area is 184 Å². The van der Waals surface area contributed by atoms with E-state index in [2.05, 4.69) is 20.4 Å². The number of hydrogen-bond acceptors (Lipinski definition) is 6. The molecule has 0 saturated carbocycles. The van der Waals surface area contributed by atoms with Gasteiger partial charge in [-0.2, -0.15) is 5.10 Å². The minimum atomic E-state index is -0.186. The van der Waals surface area contributed by atoms with Gasteiger partial charge in [-0.05, 0) is 42.8 Å². The van der Waals surface area contributed by atoms with Gasteiger partial charge in [0, 0.05) is 42.2 Å². The molecule has 1 aromatic carbocycles. The van der Waals surface area contributed by atoms with E-state index >= 15 is 0 Å². The third kappa shape index (κ3) is 5.64. The molecule has 0 bridgehead atoms. The molecule has 0 aliphatic carbocycles. The van der Waals surface area contributed by atoms with E-state index in [4.69, 9.17) is 4.74 Å². The van der Waals surface area contributed by atoms with E-state index in [1.54, 1.807) is 34.5 Å². The van der Waals surface area contributed by atoms with Crippen LogP contribution >= 0.6 is 11.3 Å². The van der Waals surface area contributed by atoms with Crippen LogP contribution in [-0.2, 0) is 17.9 Å². The highest BCUT2D eigenvalue weighted by atomic mass is 32.1. The second-order valence-electron chi connectivity index (χ2n) is 6.70. The van der Waals surface area contributed by atoms with Gasteiger partial charge < -0.3 is 10.1 Å². The molecule has 156 valence electrons. The van der Waals surface area contributed by atoms with Gasteiger partial charge in [0.15, 0.2) is 5.82 Å². The van der Waals surface area contributed by atoms with Crippen molar-refractivity contribution in [2.75, 3.05) is 0 Å². The molecule has 0 fully saturated rings. The molecular weight excluding hydrogens is 410 g/mol. The number of carbonyl (C=O) groups is 1. The molecule has 0 atom stereocenters. The highest BCUT2D eigenvalue weighted by Crippen LogP contribution is 2.16. The van der Waals surface area contributed by atoms with Crippen molar-refractivity contribution >= 4 is 23.3 Å². The molecule has 0 unspecified atom stereocenters. The van der Waals surface area contributed by atoms with Crippen molar-refractivity contribution in [3.05, 3.63) is 94.3 Å². The Morgan fingerprint density at radius 1 is 1.19 bits per heavy atom. The maximum absolute atomic E-state index is 12.2. The maximum Gasteiger partial charge on any atom is 0.244 e. The molecule has 0 radical (unpaired) electrons. The molecule has 3 aromatic heterocycles. The van der Waals surface area contributed by atoms with Crippen molar-refractivity contribution in [2.24, 2.45) is 0 Å². The number of nitrogens with one attached hydrogen (secondary N) is 1. The van der Waals surface area contributed by atoms with Gasteiger partial charge in [0.2, 0.25) is 5.91 Å². The lowest BCUT2D eigenvalue weighted by atomic mass is 10.2. The summed E-state index contributed by atoms with van der Waals surface area (Å²) in [6.45, 7) is 2.77. The highest BCUT2D eigenvalue weighted by Gasteiger charge is 2.07. The molecule has 31 heavy (non-hydrogen) atoms. The summed E-state index contributed by atoms with van der Waals surface area (Å²) in [7, 11) is 0. The van der Waals surface area contributed by atoms with Gasteiger partial charge in [0.25, 0.3) is 0 Å². The molecule has 8 heteroatoms. The van der Waals surface area contributed by atoms with Crippen LogP contribution in [0.4, 0.5) is 0 Å². The zero-order valence-corrected chi connectivity index (χ0v) is 17.7. The second-order valence-corrected chi connectivity index (χ2v) is 7.77. The summed E-state index contributed by atoms with van der Waals surface area (Å²) in [5.41, 5.74) is 2.71. The lowest BCUT2D eigenvalue weighted by Gasteiger charge is -2.08. The first-order valence-electron chi connectivity index (χ1n) is 9.71. The molecule has 1 amide bonds. The summed E-state index contributed by atoms with van der Waals surface area (Å²) in [6.07, 6.45) is 8.49. The topological polar surface area (TPSA) is 81.9 Å². The molecule has 0 aliphatic heterocycles. The number of amides is 1. The number of hydrogen-bond donors (Lipinski definition) is 1. The van der Waals surface area contributed by atoms with Crippen LogP contribution < -0.4 is 10.1 Å². The number of aryl methyl sites for hydroxylation is 1. The number of thiazole rings is 1. The van der Waals surface area contributed by atoms with Gasteiger partial charge in [-0.1, -0.05) is 18.2 Å². The number of rotatable bonds is 8. The molecular formula is C23H21N5O2S. The minimum Gasteiger partial charge on any atom is -0.487 e. The summed E-state index contributed by atoms with van der Waals surface area (Å²) in [5, 5.41) is 10.1. The van der Waals surface area contributed by atoms with Crippen LogP contribution in [0.5, 0.6) is 5.75 Å². The Bertz CT molecular complexity index is 1170. The van der Waals surface area contributed by atoms with Crippen molar-refractivity contribution < 1.29 is 9.53 Å². The minimum absolute atomic E-state index is 0.186. The molecule has 4 rings (SSSR count). The smallest absolute Gasteiger partial charge is 0.244 e. The lowest BCUT2D eigenvalue weighted by Crippen LogP contribution is -2.21. The number of nitrogens with zero attached hydrogens (tertiary/aromatic N) is 4. The van der Waals surface area contributed by atoms with Crippen molar-refractivity contribution in [3.8, 4) is 11.6 Å². The average molecular weight is 432 g/mol. The number of benzene rings is 1. The highest BCUT2D eigenvalue weighted by molar-refractivity contribution is 7.09. The molecule has 0 spiro atoms. The van der Waals surface area contributed by atoms with Gasteiger partial charge in [0.1, 0.15) is 12.4 Å². The Hall–Kier alpha value is -3.78. The van der Waals surface area contributed by atoms with E-state index in [1.165, 1.54) is 6.08 Å². The Morgan fingerprint density at radius 3 is 2.81 bits per heavy atom. The van der Waals surface area contributed by atoms with Gasteiger partial charge in [0.05, 0.1) is 10.7 Å². The van der Waals surface area contributed by atoms with Gasteiger partial charge >= 0.3 is 0 Å². The summed E-state index contributed by atoms with van der Waals surface area (Å²) in [6, 6.07) is 13.1. The van der Waals surface area contributed by atoms with Crippen molar-refractivity contribution in [1.82, 2.24) is 25.1 Å². The van der Waals surface area contributed by atoms with Crippen molar-refractivity contribution in [3.63, 3.8) is 0 Å². The molecule has 7 nitrogen and oxygen atoms in total. The van der Waals surface area contributed by atoms with E-state index in [9.17, 15) is 4.79 Å². The van der Waals surface area contributed by atoms with E-state index in [-0.39, 0.29) is 5.91 Å². The predicted molar refractivity (Wildman–Crippen MR) is 120 cm³/mol. The lowest BCUT2D eigenvalue weighted by molar-refractivity contribution is -0.116. The molecule has 4 aromatic rings. The van der Waals surface area contributed by atoms with Crippen molar-refractivity contribution in [1.29, 1.82) is 0 Å². The third-order valence-electron chi connectivity index (χ3n) is 4.40. The van der Waals surface area contributed by atoms with Gasteiger partial charge in [-0.3, -0.25) is 4.79 Å². The summed E-state index contributed by atoms with van der Waals surface area (Å²) in [4.78, 5) is 21.0. The summed E-state index contributed by atoms with van der Waals surface area (Å²) >= 11 is 1.61. The summed E-state index contributed by atoms with van der Waals surface area (Å²) < 4.78 is 7.42. The maximum atomic E-state index is 12.2. The van der Waals surface area contributed by atoms with Gasteiger partial charge in [-0.25, -0.2) is 14.6 Å². The quantitative estimate of drug-likeness (QED) is 0.427. The third-order valence-corrected chi connectivity index (χ3v) is 5.22. The Morgan fingerprint density at radius 2 is 2.06 bits per heavy atom. The molecule has 0 aliphatic rings. The fourth-order valence-electron chi connectivity index (χ4n) is 2.89. The second kappa shape index (κ2) is 9.82. The van der Waals surface area contributed by atoms with E-state index in [0.29, 0.717) is 19.0 Å². The molecule has 3 heterocycles. The van der Waals surface area contributed by atoms with Gasteiger partial charge in [-0.15, -0.1) is 11.3 Å². The number of carbonyl (C=O) groups excluding carboxylic acids is 1. The van der Waals surface area contributed by atoms with Crippen LogP contribution in [0.2, 0.25) is 0 Å². The first-order chi connectivity index (χ1) is 15.2. The van der Waals surface area contributed by atoms with Crippen LogP contribution in [0.15, 0.2) is 72.5 Å². The summed E-state index contributed by atoms with van der Waals surface area (Å²) in [5.74, 6) is 1.27. The number of aromatic nitrogens is 4. The number of pyridine rings is 1. The number of ether oxygens (including phenoxy) is 1. The van der Waals surface area contributed by atoms with Crippen LogP contribution in [0.3, 0.4) is 0 Å². The Balaban J connectivity index is 1.29. The largest absolute Gasteiger partial charge is 0.487 e. The zero-order chi connectivity index (χ0) is 21.5. The molecule has 0 saturated heterocycles. The van der Waals surface area contributed by atoms with E-state index in [0.717, 1.165) is 27.6 Å². The van der Waals surface area contributed by atoms with Crippen LogP contribution in [0, 0.1) is 6.92 Å². The van der Waals surface area contributed by atoms with E-state index in [1.807, 2.05) is 61.0 Å². The first kappa shape index (κ1) is 20.5. The monoisotopic (exact) mass is 431 g/mol. The molecule has 1 N–H and O–H groups in total. The predicted octanol–water partition coefficient (Wildman–Crippen LogP) is 3.94. The first-order valence-corrected chi connectivity index (χ1v) is 10.6. The van der Waals surface area contributed by atoms with Crippen LogP contribution in [0.25, 0.3) is 11.9 Å². The fraction of sp³-hybridized carbons (Fsp3) is 0.130. The standard InChI is InChI=1S/C23H21N5O2S/c1-17-27-20(16-31-17)15-30-21-8-5-18(6-9-21)7-10-22(29)25-14-19-4-2-11-24-23(19)28-13-3-12-26-28/h2-13,16H,14-15H2,1H3,(H,25,29)/b10-7+.